The molecule has 0 bridgehead atoms. The largest absolute Gasteiger partial charge is 0.380 e. The Morgan fingerprint density at radius 1 is 1.16 bits per heavy atom. The molecule has 0 aliphatic carbocycles. The zero-order chi connectivity index (χ0) is 13.8. The Balaban J connectivity index is 2.24. The van der Waals surface area contributed by atoms with E-state index in [2.05, 4.69) is 18.3 Å². The highest BCUT2D eigenvalue weighted by Crippen LogP contribution is 2.24. The van der Waals surface area contributed by atoms with Gasteiger partial charge < -0.3 is 5.32 Å². The molecule has 100 valence electrons. The van der Waals surface area contributed by atoms with Gasteiger partial charge in [-0.15, -0.1) is 0 Å². The highest BCUT2D eigenvalue weighted by Gasteiger charge is 2.09. The maximum Gasteiger partial charge on any atom is 0.129 e. The van der Waals surface area contributed by atoms with Gasteiger partial charge in [0, 0.05) is 22.8 Å². The van der Waals surface area contributed by atoms with Crippen LogP contribution >= 0.6 is 11.6 Å². The lowest BCUT2D eigenvalue weighted by Gasteiger charge is -2.15. The van der Waals surface area contributed by atoms with Crippen LogP contribution in [-0.4, -0.2) is 0 Å². The van der Waals surface area contributed by atoms with Crippen LogP contribution in [0.2, 0.25) is 5.02 Å². The first kappa shape index (κ1) is 13.9. The van der Waals surface area contributed by atoms with Gasteiger partial charge in [0.05, 0.1) is 0 Å². The molecular formula is C16H17ClFN. The molecule has 1 N–H and O–H groups in total. The Morgan fingerprint density at radius 3 is 2.58 bits per heavy atom. The van der Waals surface area contributed by atoms with Crippen molar-refractivity contribution in [1.29, 1.82) is 0 Å². The molecule has 0 fully saturated rings. The number of para-hydroxylation sites is 1. The Morgan fingerprint density at radius 2 is 1.89 bits per heavy atom. The van der Waals surface area contributed by atoms with E-state index in [4.69, 9.17) is 11.6 Å². The second-order valence-corrected chi connectivity index (χ2v) is 4.92. The number of nitrogens with one attached hydrogen (secondary N) is 1. The van der Waals surface area contributed by atoms with Gasteiger partial charge in [-0.1, -0.05) is 42.8 Å². The maximum absolute atomic E-state index is 13.7. The number of halogens is 2. The summed E-state index contributed by atoms with van der Waals surface area (Å²) in [7, 11) is 0. The van der Waals surface area contributed by atoms with Gasteiger partial charge in [0.25, 0.3) is 0 Å². The number of anilines is 1. The van der Waals surface area contributed by atoms with Crippen molar-refractivity contribution in [3.8, 4) is 0 Å². The van der Waals surface area contributed by atoms with E-state index in [-0.39, 0.29) is 5.82 Å². The minimum absolute atomic E-state index is 0.272. The molecule has 2 aromatic rings. The van der Waals surface area contributed by atoms with Gasteiger partial charge in [0.1, 0.15) is 5.82 Å². The van der Waals surface area contributed by atoms with E-state index >= 15 is 0 Å². The highest BCUT2D eigenvalue weighted by molar-refractivity contribution is 6.31. The lowest BCUT2D eigenvalue weighted by Crippen LogP contribution is -2.06. The molecule has 0 saturated carbocycles. The van der Waals surface area contributed by atoms with Gasteiger partial charge in [0.2, 0.25) is 0 Å². The van der Waals surface area contributed by atoms with Crippen LogP contribution < -0.4 is 5.32 Å². The maximum atomic E-state index is 13.7. The molecule has 0 atom stereocenters. The number of hydrogen-bond acceptors (Lipinski definition) is 1. The van der Waals surface area contributed by atoms with Crippen LogP contribution in [-0.2, 0) is 13.0 Å². The standard InChI is InChI=1S/C16H17ClFN/c1-3-12-7-4-6-11(2)16(12)19-10-13-14(17)8-5-9-15(13)18/h4-9,19H,3,10H2,1-2H3. The molecule has 0 saturated heterocycles. The van der Waals surface area contributed by atoms with Gasteiger partial charge in [-0.05, 0) is 36.6 Å². The van der Waals surface area contributed by atoms with E-state index in [1.165, 1.54) is 11.6 Å². The van der Waals surface area contributed by atoms with Crippen LogP contribution in [0.1, 0.15) is 23.6 Å². The number of rotatable bonds is 4. The molecule has 3 heteroatoms. The third-order valence-corrected chi connectivity index (χ3v) is 3.60. The number of aryl methyl sites for hydroxylation is 2. The van der Waals surface area contributed by atoms with Crippen LogP contribution in [0.15, 0.2) is 36.4 Å². The zero-order valence-corrected chi connectivity index (χ0v) is 11.9. The van der Waals surface area contributed by atoms with Crippen LogP contribution in [0.3, 0.4) is 0 Å². The number of hydrogen-bond donors (Lipinski definition) is 1. The minimum atomic E-state index is -0.272. The van der Waals surface area contributed by atoms with Gasteiger partial charge in [-0.25, -0.2) is 4.39 Å². The Kier molecular flexibility index (Phi) is 4.43. The molecule has 0 aromatic heterocycles. The Hall–Kier alpha value is -1.54. The van der Waals surface area contributed by atoms with Crippen molar-refractivity contribution in [2.24, 2.45) is 0 Å². The molecule has 0 amide bonds. The Labute approximate surface area is 118 Å². The normalized spacial score (nSPS) is 10.5. The second kappa shape index (κ2) is 6.07. The van der Waals surface area contributed by atoms with E-state index in [1.807, 2.05) is 19.1 Å². The molecule has 2 rings (SSSR count). The predicted molar refractivity (Wildman–Crippen MR) is 79.3 cm³/mol. The van der Waals surface area contributed by atoms with Crippen molar-refractivity contribution >= 4 is 17.3 Å². The van der Waals surface area contributed by atoms with Crippen LogP contribution in [0, 0.1) is 12.7 Å². The fraction of sp³-hybridized carbons (Fsp3) is 0.250. The molecule has 2 aromatic carbocycles. The van der Waals surface area contributed by atoms with Crippen molar-refractivity contribution in [3.63, 3.8) is 0 Å². The van der Waals surface area contributed by atoms with Crippen molar-refractivity contribution in [3.05, 3.63) is 63.9 Å². The minimum Gasteiger partial charge on any atom is -0.380 e. The smallest absolute Gasteiger partial charge is 0.129 e. The molecule has 0 aliphatic heterocycles. The fourth-order valence-electron chi connectivity index (χ4n) is 2.15. The van der Waals surface area contributed by atoms with Crippen molar-refractivity contribution in [2.45, 2.75) is 26.8 Å². The van der Waals surface area contributed by atoms with Gasteiger partial charge in [-0.2, -0.15) is 0 Å². The van der Waals surface area contributed by atoms with E-state index in [0.717, 1.165) is 17.7 Å². The zero-order valence-electron chi connectivity index (χ0n) is 11.1. The first-order valence-electron chi connectivity index (χ1n) is 6.38. The fourth-order valence-corrected chi connectivity index (χ4v) is 2.38. The van der Waals surface area contributed by atoms with Crippen molar-refractivity contribution < 1.29 is 4.39 Å². The summed E-state index contributed by atoms with van der Waals surface area (Å²) >= 11 is 6.03. The summed E-state index contributed by atoms with van der Waals surface area (Å²) in [6.07, 6.45) is 0.940. The summed E-state index contributed by atoms with van der Waals surface area (Å²) < 4.78 is 13.7. The average molecular weight is 278 g/mol. The van der Waals surface area contributed by atoms with Gasteiger partial charge >= 0.3 is 0 Å². The summed E-state index contributed by atoms with van der Waals surface area (Å²) in [5, 5.41) is 3.76. The lowest BCUT2D eigenvalue weighted by molar-refractivity contribution is 0.613. The van der Waals surface area contributed by atoms with Crippen LogP contribution in [0.25, 0.3) is 0 Å². The molecule has 0 radical (unpaired) electrons. The highest BCUT2D eigenvalue weighted by atomic mass is 35.5. The lowest BCUT2D eigenvalue weighted by atomic mass is 10.1. The first-order valence-corrected chi connectivity index (χ1v) is 6.76. The van der Waals surface area contributed by atoms with E-state index in [9.17, 15) is 4.39 Å². The summed E-state index contributed by atoms with van der Waals surface area (Å²) in [6.45, 7) is 4.55. The number of benzene rings is 2. The molecular weight excluding hydrogens is 261 g/mol. The van der Waals surface area contributed by atoms with Gasteiger partial charge in [0.15, 0.2) is 0 Å². The quantitative estimate of drug-likeness (QED) is 0.833. The Bertz CT molecular complexity index is 561. The third-order valence-electron chi connectivity index (χ3n) is 3.24. The second-order valence-electron chi connectivity index (χ2n) is 4.52. The third kappa shape index (κ3) is 3.07. The monoisotopic (exact) mass is 277 g/mol. The first-order chi connectivity index (χ1) is 9.13. The summed E-state index contributed by atoms with van der Waals surface area (Å²) in [5.74, 6) is -0.272. The molecule has 0 unspecified atom stereocenters. The summed E-state index contributed by atoms with van der Waals surface area (Å²) in [6, 6.07) is 10.9. The van der Waals surface area contributed by atoms with Crippen LogP contribution in [0.5, 0.6) is 0 Å². The average Bonchev–Trinajstić information content (AvgIpc) is 2.39. The molecule has 0 aliphatic rings. The van der Waals surface area contributed by atoms with E-state index in [0.29, 0.717) is 17.1 Å². The van der Waals surface area contributed by atoms with E-state index < -0.39 is 0 Å². The summed E-state index contributed by atoms with van der Waals surface area (Å²) in [4.78, 5) is 0. The SMILES string of the molecule is CCc1cccc(C)c1NCc1c(F)cccc1Cl. The molecule has 0 heterocycles. The molecule has 0 spiro atoms. The van der Waals surface area contributed by atoms with Gasteiger partial charge in [-0.3, -0.25) is 0 Å². The molecule has 1 nitrogen and oxygen atoms in total. The van der Waals surface area contributed by atoms with E-state index in [1.54, 1.807) is 12.1 Å². The van der Waals surface area contributed by atoms with Crippen molar-refractivity contribution in [2.75, 3.05) is 5.32 Å². The topological polar surface area (TPSA) is 12.0 Å². The summed E-state index contributed by atoms with van der Waals surface area (Å²) in [5.41, 5.74) is 3.97. The predicted octanol–water partition coefficient (Wildman–Crippen LogP) is 4.96. The van der Waals surface area contributed by atoms with Crippen molar-refractivity contribution in [1.82, 2.24) is 0 Å². The van der Waals surface area contributed by atoms with Crippen LogP contribution in [0.4, 0.5) is 10.1 Å². The molecule has 19 heavy (non-hydrogen) atoms.